The van der Waals surface area contributed by atoms with Crippen LogP contribution in [0.5, 0.6) is 0 Å². The van der Waals surface area contributed by atoms with Crippen molar-refractivity contribution < 1.29 is 0 Å². The number of nitrogens with zero attached hydrogens (tertiary/aromatic N) is 1. The number of pyridine rings is 1. The van der Waals surface area contributed by atoms with Crippen molar-refractivity contribution in [3.8, 4) is 0 Å². The number of aryl methyl sites for hydroxylation is 1. The largest absolute Gasteiger partial charge is 0.317 e. The quantitative estimate of drug-likeness (QED) is 0.850. The summed E-state index contributed by atoms with van der Waals surface area (Å²) in [7, 11) is 2.02. The fraction of sp³-hybridized carbons (Fsp3) is 0.400. The number of hydrogen-bond acceptors (Lipinski definition) is 2. The third-order valence-electron chi connectivity index (χ3n) is 3.32. The Labute approximate surface area is 103 Å². The lowest BCUT2D eigenvalue weighted by molar-refractivity contribution is 0.542. The highest BCUT2D eigenvalue weighted by Crippen LogP contribution is 2.18. The van der Waals surface area contributed by atoms with Crippen molar-refractivity contribution in [3.05, 3.63) is 42.1 Å². The van der Waals surface area contributed by atoms with E-state index in [2.05, 4.69) is 41.5 Å². The molecule has 0 amide bonds. The normalized spacial score (nSPS) is 12.8. The van der Waals surface area contributed by atoms with E-state index >= 15 is 0 Å². The fourth-order valence-electron chi connectivity index (χ4n) is 2.12. The van der Waals surface area contributed by atoms with Crippen molar-refractivity contribution in [1.29, 1.82) is 0 Å². The highest BCUT2D eigenvalue weighted by molar-refractivity contribution is 5.81. The van der Waals surface area contributed by atoms with Crippen LogP contribution >= 0.6 is 0 Å². The molecule has 0 bridgehead atoms. The van der Waals surface area contributed by atoms with Crippen LogP contribution < -0.4 is 5.32 Å². The molecule has 0 radical (unpaired) electrons. The maximum absolute atomic E-state index is 4.39. The number of benzene rings is 1. The second-order valence-corrected chi connectivity index (χ2v) is 4.57. The number of aromatic nitrogens is 1. The SMILES string of the molecule is CNC(C)CCCc1ccnc2ccccc12. The molecule has 0 aliphatic carbocycles. The molecular weight excluding hydrogens is 208 g/mol. The van der Waals surface area contributed by atoms with Gasteiger partial charge in [0.15, 0.2) is 0 Å². The van der Waals surface area contributed by atoms with Crippen LogP contribution in [-0.4, -0.2) is 18.1 Å². The second-order valence-electron chi connectivity index (χ2n) is 4.57. The summed E-state index contributed by atoms with van der Waals surface area (Å²) in [6.45, 7) is 2.23. The molecule has 1 atom stereocenters. The summed E-state index contributed by atoms with van der Waals surface area (Å²) in [5, 5.41) is 4.57. The molecule has 0 saturated heterocycles. The van der Waals surface area contributed by atoms with E-state index in [4.69, 9.17) is 0 Å². The Balaban J connectivity index is 2.08. The lowest BCUT2D eigenvalue weighted by Crippen LogP contribution is -2.20. The van der Waals surface area contributed by atoms with Crippen LogP contribution in [0.1, 0.15) is 25.3 Å². The first-order valence-corrected chi connectivity index (χ1v) is 6.31. The first-order chi connectivity index (χ1) is 8.31. The topological polar surface area (TPSA) is 24.9 Å². The molecule has 2 aromatic rings. The molecule has 0 fully saturated rings. The molecule has 2 nitrogen and oxygen atoms in total. The highest BCUT2D eigenvalue weighted by atomic mass is 14.8. The molecule has 90 valence electrons. The summed E-state index contributed by atoms with van der Waals surface area (Å²) in [6, 6.07) is 11.1. The van der Waals surface area contributed by atoms with Gasteiger partial charge in [-0.3, -0.25) is 4.98 Å². The van der Waals surface area contributed by atoms with Crippen LogP contribution in [0.2, 0.25) is 0 Å². The number of fused-ring (bicyclic) bond motifs is 1. The molecule has 17 heavy (non-hydrogen) atoms. The maximum Gasteiger partial charge on any atom is 0.0704 e. The molecule has 1 aromatic heterocycles. The van der Waals surface area contributed by atoms with E-state index in [0.29, 0.717) is 6.04 Å². The van der Waals surface area contributed by atoms with Crippen molar-refractivity contribution in [2.24, 2.45) is 0 Å². The zero-order valence-electron chi connectivity index (χ0n) is 10.6. The van der Waals surface area contributed by atoms with Gasteiger partial charge in [0, 0.05) is 17.6 Å². The fourth-order valence-corrected chi connectivity index (χ4v) is 2.12. The Morgan fingerprint density at radius 3 is 2.88 bits per heavy atom. The van der Waals surface area contributed by atoms with Crippen molar-refractivity contribution in [1.82, 2.24) is 10.3 Å². The van der Waals surface area contributed by atoms with E-state index in [9.17, 15) is 0 Å². The average molecular weight is 228 g/mol. The minimum atomic E-state index is 0.600. The number of para-hydroxylation sites is 1. The Bertz CT molecular complexity index is 474. The third-order valence-corrected chi connectivity index (χ3v) is 3.32. The number of rotatable bonds is 5. The van der Waals surface area contributed by atoms with E-state index < -0.39 is 0 Å². The third kappa shape index (κ3) is 3.04. The van der Waals surface area contributed by atoms with Gasteiger partial charge in [-0.2, -0.15) is 0 Å². The van der Waals surface area contributed by atoms with Gasteiger partial charge < -0.3 is 5.32 Å². The van der Waals surface area contributed by atoms with Crippen molar-refractivity contribution in [2.75, 3.05) is 7.05 Å². The van der Waals surface area contributed by atoms with Crippen molar-refractivity contribution in [2.45, 2.75) is 32.2 Å². The molecule has 0 aliphatic rings. The molecule has 0 aliphatic heterocycles. The summed E-state index contributed by atoms with van der Waals surface area (Å²) in [4.78, 5) is 4.39. The summed E-state index contributed by atoms with van der Waals surface area (Å²) in [5.41, 5.74) is 2.52. The lowest BCUT2D eigenvalue weighted by atomic mass is 10.0. The van der Waals surface area contributed by atoms with Gasteiger partial charge in [0.1, 0.15) is 0 Å². The smallest absolute Gasteiger partial charge is 0.0704 e. The van der Waals surface area contributed by atoms with Gasteiger partial charge in [-0.1, -0.05) is 18.2 Å². The first kappa shape index (κ1) is 12.1. The van der Waals surface area contributed by atoms with Gasteiger partial charge in [0.2, 0.25) is 0 Å². The van der Waals surface area contributed by atoms with Crippen LogP contribution in [0, 0.1) is 0 Å². The average Bonchev–Trinajstić information content (AvgIpc) is 2.39. The molecule has 1 unspecified atom stereocenters. The van der Waals surface area contributed by atoms with Crippen LogP contribution in [0.3, 0.4) is 0 Å². The monoisotopic (exact) mass is 228 g/mol. The molecule has 2 rings (SSSR count). The van der Waals surface area contributed by atoms with E-state index in [1.165, 1.54) is 23.8 Å². The zero-order chi connectivity index (χ0) is 12.1. The Morgan fingerprint density at radius 1 is 1.24 bits per heavy atom. The van der Waals surface area contributed by atoms with Crippen molar-refractivity contribution in [3.63, 3.8) is 0 Å². The highest BCUT2D eigenvalue weighted by Gasteiger charge is 2.02. The van der Waals surface area contributed by atoms with Crippen molar-refractivity contribution >= 4 is 10.9 Å². The van der Waals surface area contributed by atoms with E-state index in [-0.39, 0.29) is 0 Å². The number of hydrogen-bond donors (Lipinski definition) is 1. The number of nitrogens with one attached hydrogen (secondary N) is 1. The Kier molecular flexibility index (Phi) is 4.10. The molecule has 1 heterocycles. The van der Waals surface area contributed by atoms with Gasteiger partial charge in [0.05, 0.1) is 5.52 Å². The van der Waals surface area contributed by atoms with Crippen LogP contribution in [0.15, 0.2) is 36.5 Å². The Hall–Kier alpha value is -1.41. The zero-order valence-corrected chi connectivity index (χ0v) is 10.6. The summed E-state index contributed by atoms with van der Waals surface area (Å²) < 4.78 is 0. The molecule has 0 spiro atoms. The van der Waals surface area contributed by atoms with Crippen LogP contribution in [0.4, 0.5) is 0 Å². The minimum absolute atomic E-state index is 0.600. The van der Waals surface area contributed by atoms with Crippen LogP contribution in [-0.2, 0) is 6.42 Å². The van der Waals surface area contributed by atoms with E-state index in [1.807, 2.05) is 19.3 Å². The predicted molar refractivity (Wildman–Crippen MR) is 73.2 cm³/mol. The summed E-state index contributed by atoms with van der Waals surface area (Å²) >= 11 is 0. The van der Waals surface area contributed by atoms with Gasteiger partial charge in [0.25, 0.3) is 0 Å². The lowest BCUT2D eigenvalue weighted by Gasteiger charge is -2.10. The van der Waals surface area contributed by atoms with E-state index in [0.717, 1.165) is 11.9 Å². The molecular formula is C15H20N2. The van der Waals surface area contributed by atoms with Gasteiger partial charge in [-0.15, -0.1) is 0 Å². The Morgan fingerprint density at radius 2 is 2.06 bits per heavy atom. The summed E-state index contributed by atoms with van der Waals surface area (Å²) in [6.07, 6.45) is 5.48. The maximum atomic E-state index is 4.39. The van der Waals surface area contributed by atoms with Crippen LogP contribution in [0.25, 0.3) is 10.9 Å². The standard InChI is InChI=1S/C15H20N2/c1-12(16-2)6-5-7-13-10-11-17-15-9-4-3-8-14(13)15/h3-4,8-12,16H,5-7H2,1-2H3. The molecule has 1 aromatic carbocycles. The first-order valence-electron chi connectivity index (χ1n) is 6.31. The van der Waals surface area contributed by atoms with Gasteiger partial charge >= 0.3 is 0 Å². The second kappa shape index (κ2) is 5.78. The van der Waals surface area contributed by atoms with Gasteiger partial charge in [-0.25, -0.2) is 0 Å². The minimum Gasteiger partial charge on any atom is -0.317 e. The molecule has 0 saturated carbocycles. The predicted octanol–water partition coefficient (Wildman–Crippen LogP) is 3.17. The van der Waals surface area contributed by atoms with E-state index in [1.54, 1.807) is 0 Å². The van der Waals surface area contributed by atoms with Gasteiger partial charge in [-0.05, 0) is 50.9 Å². The molecule has 2 heteroatoms. The molecule has 1 N–H and O–H groups in total. The summed E-state index contributed by atoms with van der Waals surface area (Å²) in [5.74, 6) is 0.